The van der Waals surface area contributed by atoms with Crippen molar-refractivity contribution < 1.29 is 9.13 Å². The molecule has 2 N–H and O–H groups in total. The zero-order valence-corrected chi connectivity index (χ0v) is 11.2. The molecule has 1 unspecified atom stereocenters. The van der Waals surface area contributed by atoms with Gasteiger partial charge in [0.05, 0.1) is 0 Å². The summed E-state index contributed by atoms with van der Waals surface area (Å²) in [4.78, 5) is 0. The van der Waals surface area contributed by atoms with Gasteiger partial charge in [0, 0.05) is 6.54 Å². The van der Waals surface area contributed by atoms with Gasteiger partial charge in [0.25, 0.3) is 0 Å². The van der Waals surface area contributed by atoms with Crippen molar-refractivity contribution in [2.24, 2.45) is 5.73 Å². The van der Waals surface area contributed by atoms with E-state index in [2.05, 4.69) is 6.07 Å². The Morgan fingerprint density at radius 1 is 1.16 bits per heavy atom. The fourth-order valence-corrected chi connectivity index (χ4v) is 2.02. The molecule has 2 aromatic rings. The quantitative estimate of drug-likeness (QED) is 0.911. The lowest BCUT2D eigenvalue weighted by molar-refractivity contribution is 0.212. The molecule has 0 radical (unpaired) electrons. The predicted octanol–water partition coefficient (Wildman–Crippen LogP) is 3.52. The topological polar surface area (TPSA) is 35.2 Å². The van der Waals surface area contributed by atoms with Gasteiger partial charge in [-0.15, -0.1) is 0 Å². The van der Waals surface area contributed by atoms with Crippen LogP contribution in [0.15, 0.2) is 42.5 Å². The van der Waals surface area contributed by atoms with Gasteiger partial charge in [-0.3, -0.25) is 0 Å². The van der Waals surface area contributed by atoms with Crippen LogP contribution in [0.1, 0.15) is 22.8 Å². The van der Waals surface area contributed by atoms with Crippen LogP contribution >= 0.6 is 0 Å². The number of nitrogens with two attached hydrogens (primary N) is 1. The highest BCUT2D eigenvalue weighted by Crippen LogP contribution is 2.25. The van der Waals surface area contributed by atoms with Crippen LogP contribution in [0, 0.1) is 19.7 Å². The van der Waals surface area contributed by atoms with E-state index in [-0.39, 0.29) is 11.9 Å². The van der Waals surface area contributed by atoms with Crippen LogP contribution in [-0.2, 0) is 0 Å². The van der Waals surface area contributed by atoms with Gasteiger partial charge in [0.2, 0.25) is 0 Å². The van der Waals surface area contributed by atoms with Crippen LogP contribution in [0.3, 0.4) is 0 Å². The summed E-state index contributed by atoms with van der Waals surface area (Å²) in [5.41, 5.74) is 8.75. The highest BCUT2D eigenvalue weighted by molar-refractivity contribution is 5.34. The van der Waals surface area contributed by atoms with Crippen molar-refractivity contribution in [3.8, 4) is 5.75 Å². The first-order valence-corrected chi connectivity index (χ1v) is 6.29. The van der Waals surface area contributed by atoms with E-state index in [9.17, 15) is 4.39 Å². The highest BCUT2D eigenvalue weighted by atomic mass is 19.1. The molecular formula is C16H18FNO. The first-order chi connectivity index (χ1) is 9.10. The second-order valence-electron chi connectivity index (χ2n) is 4.67. The van der Waals surface area contributed by atoms with Crippen LogP contribution in [0.4, 0.5) is 4.39 Å². The minimum absolute atomic E-state index is 0.218. The van der Waals surface area contributed by atoms with E-state index in [0.717, 1.165) is 16.7 Å². The summed E-state index contributed by atoms with van der Waals surface area (Å²) in [6, 6.07) is 12.5. The van der Waals surface area contributed by atoms with E-state index in [1.807, 2.05) is 32.0 Å². The summed E-state index contributed by atoms with van der Waals surface area (Å²) < 4.78 is 19.0. The maximum atomic E-state index is 13.1. The van der Waals surface area contributed by atoms with Crippen molar-refractivity contribution in [2.75, 3.05) is 6.54 Å². The van der Waals surface area contributed by atoms with Crippen molar-refractivity contribution >= 4 is 0 Å². The number of benzene rings is 2. The summed E-state index contributed by atoms with van der Waals surface area (Å²) in [5.74, 6) is 0.406. The number of rotatable bonds is 4. The average Bonchev–Trinajstić information content (AvgIpc) is 2.38. The maximum absolute atomic E-state index is 13.1. The van der Waals surface area contributed by atoms with Gasteiger partial charge in [-0.25, -0.2) is 4.39 Å². The molecule has 100 valence electrons. The van der Waals surface area contributed by atoms with Gasteiger partial charge in [-0.1, -0.05) is 29.8 Å². The van der Waals surface area contributed by atoms with Crippen LogP contribution < -0.4 is 10.5 Å². The molecule has 0 bridgehead atoms. The molecule has 0 saturated heterocycles. The number of halogens is 1. The lowest BCUT2D eigenvalue weighted by Gasteiger charge is -2.19. The monoisotopic (exact) mass is 259 g/mol. The van der Waals surface area contributed by atoms with E-state index < -0.39 is 0 Å². The van der Waals surface area contributed by atoms with Crippen molar-refractivity contribution in [1.82, 2.24) is 0 Å². The average molecular weight is 259 g/mol. The van der Waals surface area contributed by atoms with Crippen LogP contribution in [-0.4, -0.2) is 6.54 Å². The lowest BCUT2D eigenvalue weighted by atomic mass is 10.1. The zero-order chi connectivity index (χ0) is 13.8. The second-order valence-corrected chi connectivity index (χ2v) is 4.67. The molecule has 19 heavy (non-hydrogen) atoms. The van der Waals surface area contributed by atoms with Crippen molar-refractivity contribution in [3.63, 3.8) is 0 Å². The Morgan fingerprint density at radius 3 is 2.58 bits per heavy atom. The van der Waals surface area contributed by atoms with E-state index in [1.54, 1.807) is 6.07 Å². The van der Waals surface area contributed by atoms with Crippen LogP contribution in [0.5, 0.6) is 5.75 Å². The molecule has 0 aliphatic heterocycles. The molecule has 0 aliphatic carbocycles. The molecule has 0 fully saturated rings. The molecule has 2 aromatic carbocycles. The molecular weight excluding hydrogens is 241 g/mol. The molecule has 0 saturated carbocycles. The Morgan fingerprint density at radius 2 is 1.95 bits per heavy atom. The number of ether oxygens (including phenoxy) is 1. The molecule has 2 nitrogen and oxygen atoms in total. The maximum Gasteiger partial charge on any atom is 0.136 e. The van der Waals surface area contributed by atoms with Crippen LogP contribution in [0.2, 0.25) is 0 Å². The Balaban J connectivity index is 2.24. The Hall–Kier alpha value is -1.87. The summed E-state index contributed by atoms with van der Waals surface area (Å²) in [5, 5.41) is 0. The molecule has 0 spiro atoms. The van der Waals surface area contributed by atoms with Crippen molar-refractivity contribution in [3.05, 3.63) is 65.0 Å². The smallest absolute Gasteiger partial charge is 0.136 e. The van der Waals surface area contributed by atoms with Crippen molar-refractivity contribution in [1.29, 1.82) is 0 Å². The van der Waals surface area contributed by atoms with Gasteiger partial charge in [0.1, 0.15) is 17.7 Å². The first-order valence-electron chi connectivity index (χ1n) is 6.29. The Bertz CT molecular complexity index is 568. The molecule has 0 amide bonds. The second kappa shape index (κ2) is 5.85. The highest BCUT2D eigenvalue weighted by Gasteiger charge is 2.13. The molecule has 0 aliphatic rings. The summed E-state index contributed by atoms with van der Waals surface area (Å²) in [7, 11) is 0. The minimum Gasteiger partial charge on any atom is -0.484 e. The third-order valence-electron chi connectivity index (χ3n) is 3.03. The number of hydrogen-bond donors (Lipinski definition) is 1. The fraction of sp³-hybridized carbons (Fsp3) is 0.250. The van der Waals surface area contributed by atoms with Crippen LogP contribution in [0.25, 0.3) is 0 Å². The minimum atomic E-state index is -0.260. The Kier molecular flexibility index (Phi) is 4.17. The van der Waals surface area contributed by atoms with Crippen molar-refractivity contribution in [2.45, 2.75) is 20.0 Å². The number of hydrogen-bond acceptors (Lipinski definition) is 2. The van der Waals surface area contributed by atoms with Gasteiger partial charge in [-0.05, 0) is 43.2 Å². The lowest BCUT2D eigenvalue weighted by Crippen LogP contribution is -2.19. The molecule has 2 rings (SSSR count). The molecule has 0 aromatic heterocycles. The normalized spacial score (nSPS) is 12.2. The third-order valence-corrected chi connectivity index (χ3v) is 3.03. The standard InChI is InChI=1S/C16H18FNO/c1-11-4-3-5-13(8-11)16(10-18)19-15-7-6-14(17)9-12(15)2/h3-9,16H,10,18H2,1-2H3. The van der Waals surface area contributed by atoms with Gasteiger partial charge in [0.15, 0.2) is 0 Å². The fourth-order valence-electron chi connectivity index (χ4n) is 2.02. The van der Waals surface area contributed by atoms with E-state index in [0.29, 0.717) is 12.3 Å². The number of aryl methyl sites for hydroxylation is 2. The zero-order valence-electron chi connectivity index (χ0n) is 11.2. The third kappa shape index (κ3) is 3.32. The largest absolute Gasteiger partial charge is 0.484 e. The SMILES string of the molecule is Cc1cccc(C(CN)Oc2ccc(F)cc2C)c1. The van der Waals surface area contributed by atoms with E-state index in [4.69, 9.17) is 10.5 Å². The van der Waals surface area contributed by atoms with Gasteiger partial charge in [-0.2, -0.15) is 0 Å². The Labute approximate surface area is 113 Å². The molecule has 3 heteroatoms. The van der Waals surface area contributed by atoms with E-state index >= 15 is 0 Å². The molecule has 0 heterocycles. The molecule has 1 atom stereocenters. The predicted molar refractivity (Wildman–Crippen MR) is 74.7 cm³/mol. The van der Waals surface area contributed by atoms with E-state index in [1.165, 1.54) is 12.1 Å². The summed E-state index contributed by atoms with van der Waals surface area (Å²) in [6.45, 7) is 4.22. The van der Waals surface area contributed by atoms with Gasteiger partial charge >= 0.3 is 0 Å². The summed E-state index contributed by atoms with van der Waals surface area (Å²) >= 11 is 0. The van der Waals surface area contributed by atoms with Gasteiger partial charge < -0.3 is 10.5 Å². The summed E-state index contributed by atoms with van der Waals surface area (Å²) in [6.07, 6.45) is -0.218. The first kappa shape index (κ1) is 13.6.